The Kier molecular flexibility index (Phi) is 7.15. The first-order chi connectivity index (χ1) is 11.5. The van der Waals surface area contributed by atoms with Gasteiger partial charge in [-0.25, -0.2) is 4.79 Å². The van der Waals surface area contributed by atoms with Crippen molar-refractivity contribution in [3.8, 4) is 5.75 Å². The van der Waals surface area contributed by atoms with Crippen molar-refractivity contribution < 1.29 is 19.4 Å². The maximum Gasteiger partial charge on any atom is 0.409 e. The summed E-state index contributed by atoms with van der Waals surface area (Å²) >= 11 is 5.98. The third-order valence-electron chi connectivity index (χ3n) is 3.94. The van der Waals surface area contributed by atoms with E-state index in [4.69, 9.17) is 21.1 Å². The third-order valence-corrected chi connectivity index (χ3v) is 4.36. The summed E-state index contributed by atoms with van der Waals surface area (Å²) in [6.45, 7) is 7.50. The number of piperazine rings is 1. The van der Waals surface area contributed by atoms with Gasteiger partial charge in [0, 0.05) is 37.7 Å². The van der Waals surface area contributed by atoms with Crippen LogP contribution in [-0.4, -0.2) is 73.0 Å². The van der Waals surface area contributed by atoms with Crippen molar-refractivity contribution in [2.24, 2.45) is 0 Å². The zero-order chi connectivity index (χ0) is 17.5. The molecule has 1 aliphatic heterocycles. The topological polar surface area (TPSA) is 62.2 Å². The van der Waals surface area contributed by atoms with E-state index in [2.05, 4.69) is 4.90 Å². The number of aryl methyl sites for hydroxylation is 1. The molecule has 1 atom stereocenters. The molecule has 1 fully saturated rings. The van der Waals surface area contributed by atoms with Gasteiger partial charge in [-0.1, -0.05) is 11.6 Å². The van der Waals surface area contributed by atoms with E-state index < -0.39 is 6.10 Å². The van der Waals surface area contributed by atoms with Crippen LogP contribution in [0.5, 0.6) is 5.75 Å². The molecule has 1 aliphatic rings. The van der Waals surface area contributed by atoms with Gasteiger partial charge in [0.2, 0.25) is 0 Å². The average molecular weight is 357 g/mol. The van der Waals surface area contributed by atoms with Gasteiger partial charge in [-0.2, -0.15) is 0 Å². The van der Waals surface area contributed by atoms with Gasteiger partial charge in [0.1, 0.15) is 18.5 Å². The fourth-order valence-corrected chi connectivity index (χ4v) is 2.70. The Labute approximate surface area is 147 Å². The molecule has 0 saturated carbocycles. The van der Waals surface area contributed by atoms with Gasteiger partial charge in [0.25, 0.3) is 0 Å². The Morgan fingerprint density at radius 1 is 1.33 bits per heavy atom. The van der Waals surface area contributed by atoms with E-state index in [9.17, 15) is 9.90 Å². The van der Waals surface area contributed by atoms with Crippen LogP contribution in [0.3, 0.4) is 0 Å². The van der Waals surface area contributed by atoms with Crippen LogP contribution < -0.4 is 4.74 Å². The highest BCUT2D eigenvalue weighted by atomic mass is 35.5. The number of aliphatic hydroxyl groups is 1. The molecule has 0 bridgehead atoms. The maximum atomic E-state index is 11.6. The van der Waals surface area contributed by atoms with E-state index in [-0.39, 0.29) is 12.7 Å². The van der Waals surface area contributed by atoms with Crippen molar-refractivity contribution in [3.05, 3.63) is 28.8 Å². The van der Waals surface area contributed by atoms with Crippen molar-refractivity contribution >= 4 is 17.7 Å². The maximum absolute atomic E-state index is 11.6. The summed E-state index contributed by atoms with van der Waals surface area (Å²) in [5.41, 5.74) is 0.943. The molecule has 134 valence electrons. The van der Waals surface area contributed by atoms with Gasteiger partial charge >= 0.3 is 6.09 Å². The SMILES string of the molecule is CCOC(=O)N1CCN(CC(O)COc2ccc(Cl)c(C)c2)CC1. The molecule has 1 N–H and O–H groups in total. The summed E-state index contributed by atoms with van der Waals surface area (Å²) in [5, 5.41) is 10.8. The number of ether oxygens (including phenoxy) is 2. The first-order valence-electron chi connectivity index (χ1n) is 8.20. The summed E-state index contributed by atoms with van der Waals surface area (Å²) in [6, 6.07) is 5.43. The van der Waals surface area contributed by atoms with E-state index in [1.807, 2.05) is 13.0 Å². The van der Waals surface area contributed by atoms with Crippen LogP contribution in [0.1, 0.15) is 12.5 Å². The molecule has 0 radical (unpaired) electrons. The normalized spacial score (nSPS) is 16.8. The predicted octanol–water partition coefficient (Wildman–Crippen LogP) is 2.16. The molecule has 24 heavy (non-hydrogen) atoms. The zero-order valence-corrected chi connectivity index (χ0v) is 15.0. The highest BCUT2D eigenvalue weighted by Gasteiger charge is 2.23. The lowest BCUT2D eigenvalue weighted by molar-refractivity contribution is 0.0407. The van der Waals surface area contributed by atoms with Crippen LogP contribution in [0.25, 0.3) is 0 Å². The molecule has 1 aromatic rings. The number of hydrogen-bond acceptors (Lipinski definition) is 5. The van der Waals surface area contributed by atoms with E-state index >= 15 is 0 Å². The molecule has 1 unspecified atom stereocenters. The molecule has 1 amide bonds. The van der Waals surface area contributed by atoms with Crippen LogP contribution >= 0.6 is 11.6 Å². The Bertz CT molecular complexity index is 547. The number of nitrogens with zero attached hydrogens (tertiary/aromatic N) is 2. The number of carbonyl (C=O) groups excluding carboxylic acids is 1. The number of β-amino-alcohol motifs (C(OH)–C–C–N with tert-alkyl or cyclic N) is 1. The lowest BCUT2D eigenvalue weighted by Crippen LogP contribution is -2.51. The first-order valence-corrected chi connectivity index (χ1v) is 8.58. The Hall–Kier alpha value is -1.50. The Morgan fingerprint density at radius 3 is 2.67 bits per heavy atom. The molecule has 1 saturated heterocycles. The lowest BCUT2D eigenvalue weighted by atomic mass is 10.2. The molecule has 1 aromatic carbocycles. The predicted molar refractivity (Wildman–Crippen MR) is 92.7 cm³/mol. The largest absolute Gasteiger partial charge is 0.491 e. The van der Waals surface area contributed by atoms with Gasteiger partial charge in [-0.15, -0.1) is 0 Å². The molecule has 6 nitrogen and oxygen atoms in total. The van der Waals surface area contributed by atoms with Gasteiger partial charge < -0.3 is 19.5 Å². The minimum absolute atomic E-state index is 0.221. The van der Waals surface area contributed by atoms with Gasteiger partial charge in [-0.3, -0.25) is 4.90 Å². The molecular formula is C17H25ClN2O4. The van der Waals surface area contributed by atoms with Crippen molar-refractivity contribution in [1.29, 1.82) is 0 Å². The molecule has 0 aliphatic carbocycles. The molecule has 2 rings (SSSR count). The smallest absolute Gasteiger partial charge is 0.409 e. The second kappa shape index (κ2) is 9.11. The van der Waals surface area contributed by atoms with E-state index in [1.54, 1.807) is 24.0 Å². The van der Waals surface area contributed by atoms with Crippen LogP contribution in [0.15, 0.2) is 18.2 Å². The number of hydrogen-bond donors (Lipinski definition) is 1. The minimum atomic E-state index is -0.588. The highest BCUT2D eigenvalue weighted by molar-refractivity contribution is 6.31. The summed E-state index contributed by atoms with van der Waals surface area (Å²) < 4.78 is 10.6. The number of rotatable bonds is 6. The number of carbonyl (C=O) groups is 1. The third kappa shape index (κ3) is 5.54. The Morgan fingerprint density at radius 2 is 2.04 bits per heavy atom. The van der Waals surface area contributed by atoms with E-state index in [1.165, 1.54) is 0 Å². The quantitative estimate of drug-likeness (QED) is 0.846. The van der Waals surface area contributed by atoms with Crippen molar-refractivity contribution in [2.75, 3.05) is 45.9 Å². The van der Waals surface area contributed by atoms with Crippen LogP contribution in [0.2, 0.25) is 5.02 Å². The van der Waals surface area contributed by atoms with E-state index in [0.717, 1.165) is 18.7 Å². The number of halogens is 1. The molecule has 0 aromatic heterocycles. The van der Waals surface area contributed by atoms with Gasteiger partial charge in [0.15, 0.2) is 0 Å². The molecule has 7 heteroatoms. The lowest BCUT2D eigenvalue weighted by Gasteiger charge is -2.34. The monoisotopic (exact) mass is 356 g/mol. The minimum Gasteiger partial charge on any atom is -0.491 e. The summed E-state index contributed by atoms with van der Waals surface area (Å²) in [4.78, 5) is 15.5. The average Bonchev–Trinajstić information content (AvgIpc) is 2.57. The first kappa shape index (κ1) is 18.8. The number of amides is 1. The van der Waals surface area contributed by atoms with Crippen molar-refractivity contribution in [1.82, 2.24) is 9.80 Å². The standard InChI is InChI=1S/C17H25ClN2O4/c1-3-23-17(22)20-8-6-19(7-9-20)11-14(21)12-24-15-4-5-16(18)13(2)10-15/h4-5,10,14,21H,3,6-9,11-12H2,1-2H3. The van der Waals surface area contributed by atoms with Crippen LogP contribution in [-0.2, 0) is 4.74 Å². The van der Waals surface area contributed by atoms with Gasteiger partial charge in [-0.05, 0) is 37.6 Å². The summed E-state index contributed by atoms with van der Waals surface area (Å²) in [6.07, 6.45) is -0.853. The summed E-state index contributed by atoms with van der Waals surface area (Å²) in [5.74, 6) is 0.697. The van der Waals surface area contributed by atoms with Crippen molar-refractivity contribution in [3.63, 3.8) is 0 Å². The van der Waals surface area contributed by atoms with E-state index in [0.29, 0.717) is 37.0 Å². The highest BCUT2D eigenvalue weighted by Crippen LogP contribution is 2.21. The number of benzene rings is 1. The fourth-order valence-electron chi connectivity index (χ4n) is 2.58. The fraction of sp³-hybridized carbons (Fsp3) is 0.588. The molecule has 0 spiro atoms. The molecular weight excluding hydrogens is 332 g/mol. The number of aliphatic hydroxyl groups excluding tert-OH is 1. The summed E-state index contributed by atoms with van der Waals surface area (Å²) in [7, 11) is 0. The second-order valence-corrected chi connectivity index (χ2v) is 6.27. The second-order valence-electron chi connectivity index (χ2n) is 5.86. The van der Waals surface area contributed by atoms with Crippen LogP contribution in [0, 0.1) is 6.92 Å². The zero-order valence-electron chi connectivity index (χ0n) is 14.2. The Balaban J connectivity index is 1.70. The van der Waals surface area contributed by atoms with Gasteiger partial charge in [0.05, 0.1) is 6.61 Å². The molecule has 1 heterocycles. The van der Waals surface area contributed by atoms with Crippen molar-refractivity contribution in [2.45, 2.75) is 20.0 Å². The van der Waals surface area contributed by atoms with Crippen LogP contribution in [0.4, 0.5) is 4.79 Å².